The zero-order valence-electron chi connectivity index (χ0n) is 20.7. The molecule has 2 atom stereocenters. The summed E-state index contributed by atoms with van der Waals surface area (Å²) in [5.74, 6) is 0. The van der Waals surface area contributed by atoms with E-state index in [1.54, 1.807) is 6.20 Å². The van der Waals surface area contributed by atoms with E-state index in [4.69, 9.17) is 9.84 Å². The summed E-state index contributed by atoms with van der Waals surface area (Å²) in [5.41, 5.74) is 5.19. The molecule has 0 spiro atoms. The number of nitriles is 1. The van der Waals surface area contributed by atoms with Gasteiger partial charge in [0.25, 0.3) is 0 Å². The van der Waals surface area contributed by atoms with Crippen LogP contribution in [0.2, 0.25) is 0 Å². The Balaban J connectivity index is 1.13. The number of anilines is 1. The van der Waals surface area contributed by atoms with Gasteiger partial charge in [0.1, 0.15) is 6.07 Å². The van der Waals surface area contributed by atoms with E-state index in [0.717, 1.165) is 62.4 Å². The van der Waals surface area contributed by atoms with Gasteiger partial charge < -0.3 is 15.0 Å². The number of likely N-dealkylation sites (tertiary alicyclic amines) is 1. The standard InChI is InChI=1S/C27H33N7O/c1-18-11-33(24-7-6-19(9-28)25-23(24)5-4-8-30-25)16-22(35-18)15-32-13-21(14-32)34-12-20-10-29-17-27(2,3)26(20)31-34/h4-8,12,18,21-22,29H,10-11,13-17H2,1-3H3. The summed E-state index contributed by atoms with van der Waals surface area (Å²) in [6.07, 6.45) is 4.28. The van der Waals surface area contributed by atoms with Crippen LogP contribution in [0.3, 0.4) is 0 Å². The smallest absolute Gasteiger partial charge is 0.101 e. The minimum atomic E-state index is 0.0862. The van der Waals surface area contributed by atoms with Crippen LogP contribution in [-0.4, -0.2) is 71.1 Å². The third-order valence-electron chi connectivity index (χ3n) is 7.64. The average Bonchev–Trinajstić information content (AvgIpc) is 3.25. The normalized spacial score (nSPS) is 24.7. The lowest BCUT2D eigenvalue weighted by Crippen LogP contribution is -2.56. The minimum absolute atomic E-state index is 0.0862. The number of hydrogen-bond donors (Lipinski definition) is 1. The monoisotopic (exact) mass is 471 g/mol. The number of nitrogens with zero attached hydrogens (tertiary/aromatic N) is 6. The summed E-state index contributed by atoms with van der Waals surface area (Å²) >= 11 is 0. The molecule has 3 aliphatic heterocycles. The van der Waals surface area contributed by atoms with Crippen molar-refractivity contribution in [3.63, 3.8) is 0 Å². The van der Waals surface area contributed by atoms with Gasteiger partial charge in [-0.15, -0.1) is 0 Å². The van der Waals surface area contributed by atoms with Gasteiger partial charge in [-0.05, 0) is 31.2 Å². The Morgan fingerprint density at radius 3 is 2.86 bits per heavy atom. The molecule has 0 radical (unpaired) electrons. The molecule has 2 saturated heterocycles. The molecule has 5 heterocycles. The molecule has 3 aliphatic rings. The summed E-state index contributed by atoms with van der Waals surface area (Å²) in [4.78, 5) is 9.37. The minimum Gasteiger partial charge on any atom is -0.370 e. The summed E-state index contributed by atoms with van der Waals surface area (Å²) in [5, 5.41) is 19.0. The second kappa shape index (κ2) is 8.59. The second-order valence-electron chi connectivity index (χ2n) is 11.0. The van der Waals surface area contributed by atoms with Crippen molar-refractivity contribution >= 4 is 16.6 Å². The topological polar surface area (TPSA) is 82.2 Å². The van der Waals surface area contributed by atoms with Crippen molar-refractivity contribution in [2.24, 2.45) is 0 Å². The first-order chi connectivity index (χ1) is 16.9. The van der Waals surface area contributed by atoms with Gasteiger partial charge in [0.15, 0.2) is 0 Å². The molecular formula is C27H33N7O. The van der Waals surface area contributed by atoms with E-state index in [-0.39, 0.29) is 17.6 Å². The number of nitrogens with one attached hydrogen (secondary N) is 1. The Morgan fingerprint density at radius 2 is 2.06 bits per heavy atom. The van der Waals surface area contributed by atoms with Crippen molar-refractivity contribution in [3.05, 3.63) is 53.5 Å². The Hall–Kier alpha value is -2.99. The van der Waals surface area contributed by atoms with Crippen molar-refractivity contribution in [1.82, 2.24) is 25.0 Å². The first kappa shape index (κ1) is 22.5. The molecule has 2 fully saturated rings. The molecule has 0 amide bonds. The molecule has 8 heteroatoms. The second-order valence-corrected chi connectivity index (χ2v) is 11.0. The van der Waals surface area contributed by atoms with Gasteiger partial charge in [-0.1, -0.05) is 13.8 Å². The van der Waals surface area contributed by atoms with Gasteiger partial charge in [-0.2, -0.15) is 10.4 Å². The summed E-state index contributed by atoms with van der Waals surface area (Å²) < 4.78 is 8.55. The third-order valence-corrected chi connectivity index (χ3v) is 7.64. The molecule has 8 nitrogen and oxygen atoms in total. The summed E-state index contributed by atoms with van der Waals surface area (Å²) in [7, 11) is 0. The number of ether oxygens (including phenoxy) is 1. The highest BCUT2D eigenvalue weighted by atomic mass is 16.5. The van der Waals surface area contributed by atoms with Gasteiger partial charge in [0.2, 0.25) is 0 Å². The van der Waals surface area contributed by atoms with Crippen molar-refractivity contribution in [1.29, 1.82) is 5.26 Å². The van der Waals surface area contributed by atoms with Gasteiger partial charge in [-0.25, -0.2) is 0 Å². The lowest BCUT2D eigenvalue weighted by Gasteiger charge is -2.44. The zero-order valence-corrected chi connectivity index (χ0v) is 20.7. The van der Waals surface area contributed by atoms with Crippen molar-refractivity contribution in [3.8, 4) is 6.07 Å². The van der Waals surface area contributed by atoms with Crippen LogP contribution in [0, 0.1) is 11.3 Å². The van der Waals surface area contributed by atoms with Crippen LogP contribution in [-0.2, 0) is 16.7 Å². The van der Waals surface area contributed by atoms with Crippen LogP contribution in [0.25, 0.3) is 10.9 Å². The van der Waals surface area contributed by atoms with E-state index < -0.39 is 0 Å². The highest BCUT2D eigenvalue weighted by molar-refractivity contribution is 5.95. The predicted molar refractivity (Wildman–Crippen MR) is 135 cm³/mol. The van der Waals surface area contributed by atoms with Crippen molar-refractivity contribution in [2.45, 2.75) is 51.0 Å². The van der Waals surface area contributed by atoms with Gasteiger partial charge in [0, 0.05) is 80.3 Å². The zero-order chi connectivity index (χ0) is 24.2. The molecule has 0 bridgehead atoms. The molecule has 35 heavy (non-hydrogen) atoms. The van der Waals surface area contributed by atoms with E-state index in [0.29, 0.717) is 11.6 Å². The molecule has 182 valence electrons. The molecule has 6 rings (SSSR count). The van der Waals surface area contributed by atoms with Crippen LogP contribution in [0.4, 0.5) is 5.69 Å². The van der Waals surface area contributed by atoms with E-state index in [9.17, 15) is 5.26 Å². The number of hydrogen-bond acceptors (Lipinski definition) is 7. The van der Waals surface area contributed by atoms with E-state index in [2.05, 4.69) is 70.0 Å². The number of aromatic nitrogens is 3. The van der Waals surface area contributed by atoms with Crippen LogP contribution >= 0.6 is 0 Å². The van der Waals surface area contributed by atoms with Gasteiger partial charge in [0.05, 0.1) is 35.0 Å². The SMILES string of the molecule is CC1CN(c2ccc(C#N)c3ncccc23)CC(CN2CC(n3cc4c(n3)C(C)(C)CNC4)C2)O1. The highest BCUT2D eigenvalue weighted by Crippen LogP contribution is 2.33. The average molecular weight is 472 g/mol. The Bertz CT molecular complexity index is 1290. The Labute approximate surface area is 206 Å². The Kier molecular flexibility index (Phi) is 5.52. The maximum absolute atomic E-state index is 9.49. The van der Waals surface area contributed by atoms with E-state index >= 15 is 0 Å². The first-order valence-electron chi connectivity index (χ1n) is 12.6. The van der Waals surface area contributed by atoms with Crippen LogP contribution < -0.4 is 10.2 Å². The molecule has 2 aromatic heterocycles. The predicted octanol–water partition coefficient (Wildman–Crippen LogP) is 2.83. The highest BCUT2D eigenvalue weighted by Gasteiger charge is 2.36. The van der Waals surface area contributed by atoms with Crippen LogP contribution in [0.1, 0.15) is 43.6 Å². The quantitative estimate of drug-likeness (QED) is 0.627. The van der Waals surface area contributed by atoms with Crippen molar-refractivity contribution < 1.29 is 4.74 Å². The Morgan fingerprint density at radius 1 is 1.20 bits per heavy atom. The molecule has 1 aromatic carbocycles. The van der Waals surface area contributed by atoms with Crippen LogP contribution in [0.5, 0.6) is 0 Å². The number of benzene rings is 1. The fraction of sp³-hybridized carbons (Fsp3) is 0.519. The largest absolute Gasteiger partial charge is 0.370 e. The van der Waals surface area contributed by atoms with E-state index in [1.807, 2.05) is 12.1 Å². The summed E-state index contributed by atoms with van der Waals surface area (Å²) in [6.45, 7) is 13.2. The molecule has 0 saturated carbocycles. The van der Waals surface area contributed by atoms with Crippen LogP contribution in [0.15, 0.2) is 36.7 Å². The van der Waals surface area contributed by atoms with Crippen molar-refractivity contribution in [2.75, 3.05) is 44.2 Å². The molecule has 2 unspecified atom stereocenters. The summed E-state index contributed by atoms with van der Waals surface area (Å²) in [6, 6.07) is 10.7. The van der Waals surface area contributed by atoms with E-state index in [1.165, 1.54) is 11.3 Å². The maximum atomic E-state index is 9.49. The lowest BCUT2D eigenvalue weighted by atomic mass is 9.84. The molecular weight excluding hydrogens is 438 g/mol. The molecule has 1 N–H and O–H groups in total. The van der Waals surface area contributed by atoms with Gasteiger partial charge in [-0.3, -0.25) is 14.6 Å². The van der Waals surface area contributed by atoms with Gasteiger partial charge >= 0.3 is 0 Å². The fourth-order valence-corrected chi connectivity index (χ4v) is 5.92. The lowest BCUT2D eigenvalue weighted by molar-refractivity contribution is -0.0490. The third kappa shape index (κ3) is 4.08. The number of pyridine rings is 1. The first-order valence-corrected chi connectivity index (χ1v) is 12.6. The number of morpholine rings is 1. The molecule has 0 aliphatic carbocycles. The maximum Gasteiger partial charge on any atom is 0.101 e. The number of fused-ring (bicyclic) bond motifs is 2. The fourth-order valence-electron chi connectivity index (χ4n) is 5.92. The number of rotatable bonds is 4. The molecule has 3 aromatic rings.